The molecule has 0 spiro atoms. The average molecular weight is 283 g/mol. The van der Waals surface area contributed by atoms with Gasteiger partial charge in [-0.1, -0.05) is 48.0 Å². The van der Waals surface area contributed by atoms with E-state index in [0.717, 1.165) is 5.56 Å². The molecule has 21 heavy (non-hydrogen) atoms. The SMILES string of the molecule is Cc1ccc(C(N[C@H](C)c2ccccc2F)C2CC2)cc1. The van der Waals surface area contributed by atoms with E-state index < -0.39 is 0 Å². The summed E-state index contributed by atoms with van der Waals surface area (Å²) in [6.45, 7) is 4.15. The van der Waals surface area contributed by atoms with Crippen LogP contribution in [-0.2, 0) is 0 Å². The van der Waals surface area contributed by atoms with Crippen molar-refractivity contribution in [2.45, 2.75) is 38.8 Å². The maximum absolute atomic E-state index is 13.9. The lowest BCUT2D eigenvalue weighted by atomic mass is 9.98. The normalized spacial score (nSPS) is 17.5. The van der Waals surface area contributed by atoms with E-state index in [1.807, 2.05) is 19.1 Å². The summed E-state index contributed by atoms with van der Waals surface area (Å²) < 4.78 is 13.9. The Morgan fingerprint density at radius 3 is 2.33 bits per heavy atom. The summed E-state index contributed by atoms with van der Waals surface area (Å²) in [5.41, 5.74) is 3.33. The van der Waals surface area contributed by atoms with Crippen molar-refractivity contribution in [1.82, 2.24) is 5.32 Å². The maximum Gasteiger partial charge on any atom is 0.127 e. The van der Waals surface area contributed by atoms with E-state index >= 15 is 0 Å². The molecule has 1 aliphatic carbocycles. The van der Waals surface area contributed by atoms with Gasteiger partial charge in [0.2, 0.25) is 0 Å². The molecule has 0 bridgehead atoms. The van der Waals surface area contributed by atoms with Gasteiger partial charge in [0.25, 0.3) is 0 Å². The number of benzene rings is 2. The first-order valence-electron chi connectivity index (χ1n) is 7.72. The van der Waals surface area contributed by atoms with Gasteiger partial charge in [-0.05, 0) is 44.2 Å². The molecule has 2 heteroatoms. The third-order valence-corrected chi connectivity index (χ3v) is 4.33. The van der Waals surface area contributed by atoms with Gasteiger partial charge in [-0.15, -0.1) is 0 Å². The van der Waals surface area contributed by atoms with Crippen LogP contribution >= 0.6 is 0 Å². The van der Waals surface area contributed by atoms with Crippen LogP contribution in [0.3, 0.4) is 0 Å². The second kappa shape index (κ2) is 5.98. The fourth-order valence-electron chi connectivity index (χ4n) is 2.89. The minimum atomic E-state index is -0.129. The van der Waals surface area contributed by atoms with Gasteiger partial charge < -0.3 is 5.32 Å². The third-order valence-electron chi connectivity index (χ3n) is 4.33. The Morgan fingerprint density at radius 1 is 1.05 bits per heavy atom. The number of hydrogen-bond donors (Lipinski definition) is 1. The highest BCUT2D eigenvalue weighted by molar-refractivity contribution is 5.27. The van der Waals surface area contributed by atoms with Crippen LogP contribution in [0.5, 0.6) is 0 Å². The lowest BCUT2D eigenvalue weighted by molar-refractivity contribution is 0.417. The molecular weight excluding hydrogens is 261 g/mol. The van der Waals surface area contributed by atoms with Crippen molar-refractivity contribution < 1.29 is 4.39 Å². The van der Waals surface area contributed by atoms with E-state index in [1.165, 1.54) is 30.0 Å². The number of rotatable bonds is 5. The predicted octanol–water partition coefficient (Wildman–Crippen LogP) is 4.94. The molecule has 1 fully saturated rings. The molecule has 1 N–H and O–H groups in total. The summed E-state index contributed by atoms with van der Waals surface area (Å²) in [5.74, 6) is 0.554. The number of halogens is 1. The standard InChI is InChI=1S/C19H22FN/c1-13-7-9-15(10-8-13)19(16-11-12-16)21-14(2)17-5-3-4-6-18(17)20/h3-10,14,16,19,21H,11-12H2,1-2H3/t14-,19?/m1/s1. The second-order valence-corrected chi connectivity index (χ2v) is 6.14. The lowest BCUT2D eigenvalue weighted by Gasteiger charge is -2.24. The minimum Gasteiger partial charge on any atom is -0.303 e. The fourth-order valence-corrected chi connectivity index (χ4v) is 2.89. The summed E-state index contributed by atoms with van der Waals surface area (Å²) >= 11 is 0. The molecule has 0 radical (unpaired) electrons. The van der Waals surface area contributed by atoms with Crippen LogP contribution in [0, 0.1) is 18.7 Å². The monoisotopic (exact) mass is 283 g/mol. The van der Waals surface area contributed by atoms with Crippen LogP contribution < -0.4 is 5.32 Å². The summed E-state index contributed by atoms with van der Waals surface area (Å²) in [6.07, 6.45) is 2.52. The molecule has 3 rings (SSSR count). The van der Waals surface area contributed by atoms with E-state index in [0.29, 0.717) is 12.0 Å². The van der Waals surface area contributed by atoms with Gasteiger partial charge in [0.05, 0.1) is 0 Å². The van der Waals surface area contributed by atoms with Gasteiger partial charge in [-0.2, -0.15) is 0 Å². The highest BCUT2D eigenvalue weighted by Gasteiger charge is 2.33. The smallest absolute Gasteiger partial charge is 0.127 e. The fraction of sp³-hybridized carbons (Fsp3) is 0.368. The zero-order valence-corrected chi connectivity index (χ0v) is 12.6. The predicted molar refractivity (Wildman–Crippen MR) is 84.6 cm³/mol. The van der Waals surface area contributed by atoms with Gasteiger partial charge in [0.15, 0.2) is 0 Å². The van der Waals surface area contributed by atoms with Crippen LogP contribution in [0.1, 0.15) is 48.5 Å². The second-order valence-electron chi connectivity index (χ2n) is 6.14. The van der Waals surface area contributed by atoms with Crippen LogP contribution in [0.15, 0.2) is 48.5 Å². The van der Waals surface area contributed by atoms with E-state index in [1.54, 1.807) is 6.07 Å². The summed E-state index contributed by atoms with van der Waals surface area (Å²) in [7, 11) is 0. The van der Waals surface area contributed by atoms with Gasteiger partial charge in [-0.3, -0.25) is 0 Å². The molecule has 2 aromatic carbocycles. The van der Waals surface area contributed by atoms with Crippen molar-refractivity contribution in [1.29, 1.82) is 0 Å². The number of nitrogens with one attached hydrogen (secondary N) is 1. The Labute approximate surface area is 126 Å². The Kier molecular flexibility index (Phi) is 4.07. The van der Waals surface area contributed by atoms with E-state index in [9.17, 15) is 4.39 Å². The molecule has 1 nitrogen and oxygen atoms in total. The van der Waals surface area contributed by atoms with Gasteiger partial charge >= 0.3 is 0 Å². The highest BCUT2D eigenvalue weighted by Crippen LogP contribution is 2.42. The van der Waals surface area contributed by atoms with Crippen molar-refractivity contribution in [3.63, 3.8) is 0 Å². The summed E-state index contributed by atoms with van der Waals surface area (Å²) in [6, 6.07) is 16.1. The van der Waals surface area contributed by atoms with Gasteiger partial charge in [0.1, 0.15) is 5.82 Å². The number of hydrogen-bond acceptors (Lipinski definition) is 1. The Balaban J connectivity index is 1.79. The molecule has 1 unspecified atom stereocenters. The van der Waals surface area contributed by atoms with Crippen molar-refractivity contribution in [3.05, 3.63) is 71.0 Å². The molecule has 0 aliphatic heterocycles. The molecule has 1 saturated carbocycles. The van der Waals surface area contributed by atoms with Crippen LogP contribution in [0.25, 0.3) is 0 Å². The summed E-state index contributed by atoms with van der Waals surface area (Å²) in [4.78, 5) is 0. The zero-order chi connectivity index (χ0) is 14.8. The first-order chi connectivity index (χ1) is 10.1. The molecule has 110 valence electrons. The van der Waals surface area contributed by atoms with E-state index in [2.05, 4.69) is 36.5 Å². The molecule has 0 heterocycles. The highest BCUT2D eigenvalue weighted by atomic mass is 19.1. The number of aryl methyl sites for hydroxylation is 1. The van der Waals surface area contributed by atoms with Crippen LogP contribution in [-0.4, -0.2) is 0 Å². The average Bonchev–Trinajstić information content (AvgIpc) is 3.31. The van der Waals surface area contributed by atoms with Crippen molar-refractivity contribution in [3.8, 4) is 0 Å². The molecular formula is C19H22FN. The summed E-state index contributed by atoms with van der Waals surface area (Å²) in [5, 5.41) is 3.63. The molecule has 2 atom stereocenters. The topological polar surface area (TPSA) is 12.0 Å². The molecule has 0 saturated heterocycles. The van der Waals surface area contributed by atoms with Crippen molar-refractivity contribution in [2.24, 2.45) is 5.92 Å². The maximum atomic E-state index is 13.9. The first-order valence-corrected chi connectivity index (χ1v) is 7.72. The van der Waals surface area contributed by atoms with E-state index in [4.69, 9.17) is 0 Å². The van der Waals surface area contributed by atoms with Gasteiger partial charge in [-0.25, -0.2) is 4.39 Å². The van der Waals surface area contributed by atoms with Crippen molar-refractivity contribution in [2.75, 3.05) is 0 Å². The zero-order valence-electron chi connectivity index (χ0n) is 12.6. The third kappa shape index (κ3) is 3.33. The van der Waals surface area contributed by atoms with Crippen LogP contribution in [0.4, 0.5) is 4.39 Å². The molecule has 1 aliphatic rings. The Bertz CT molecular complexity index is 601. The molecule has 0 amide bonds. The van der Waals surface area contributed by atoms with E-state index in [-0.39, 0.29) is 11.9 Å². The largest absolute Gasteiger partial charge is 0.303 e. The van der Waals surface area contributed by atoms with Crippen LogP contribution in [0.2, 0.25) is 0 Å². The Hall–Kier alpha value is -1.67. The van der Waals surface area contributed by atoms with Crippen molar-refractivity contribution >= 4 is 0 Å². The molecule has 0 aromatic heterocycles. The lowest BCUT2D eigenvalue weighted by Crippen LogP contribution is -2.26. The Morgan fingerprint density at radius 2 is 1.71 bits per heavy atom. The first kappa shape index (κ1) is 14.3. The quantitative estimate of drug-likeness (QED) is 0.820. The van der Waals surface area contributed by atoms with Gasteiger partial charge in [0, 0.05) is 17.6 Å². The molecule has 2 aromatic rings. The minimum absolute atomic E-state index is 0.0121.